The van der Waals surface area contributed by atoms with E-state index in [2.05, 4.69) is 219 Å². The number of benzene rings is 12. The number of rotatable bonds is 13. The van der Waals surface area contributed by atoms with Gasteiger partial charge < -0.3 is 14.5 Å². The monoisotopic (exact) mass is 1170 g/mol. The first-order valence-electron chi connectivity index (χ1n) is 33.8. The molecule has 0 N–H and O–H groups in total. The van der Waals surface area contributed by atoms with Gasteiger partial charge in [-0.15, -0.1) is 0 Å². The van der Waals surface area contributed by atoms with Crippen LogP contribution in [0.4, 0.5) is 34.1 Å². The zero-order valence-corrected chi connectivity index (χ0v) is 53.7. The van der Waals surface area contributed by atoms with Crippen molar-refractivity contribution in [3.8, 4) is 0 Å². The zero-order valence-electron chi connectivity index (χ0n) is 53.7. The average molecular weight is 1170 g/mol. The van der Waals surface area contributed by atoms with Crippen molar-refractivity contribution in [1.29, 1.82) is 0 Å². The number of aryl methyl sites for hydroxylation is 4. The molecular weight excluding hydrogens is 1100 g/mol. The minimum absolute atomic E-state index is 0.00991. The van der Waals surface area contributed by atoms with Crippen LogP contribution in [0.5, 0.6) is 0 Å². The van der Waals surface area contributed by atoms with Gasteiger partial charge in [-0.1, -0.05) is 118 Å². The van der Waals surface area contributed by atoms with Crippen molar-refractivity contribution < 1.29 is 9.53 Å². The molecule has 4 heteroatoms. The Balaban J connectivity index is 0.965. The Morgan fingerprint density at radius 2 is 0.890 bits per heavy atom. The van der Waals surface area contributed by atoms with E-state index in [9.17, 15) is 4.79 Å². The molecule has 16 aromatic carbocycles. The molecule has 4 nitrogen and oxygen atoms in total. The second-order valence-electron chi connectivity index (χ2n) is 30.1. The molecule has 0 bridgehead atoms. The highest BCUT2D eigenvalue weighted by molar-refractivity contribution is 6.62. The SMILES string of the molecule is Cc1ccccc1N(c1ccccc1C)c1c(C)c(N(c2ccccc2C)c2ccccc2C)c(C)c(C2(C(C)CCC(=O)OC(C)C(C)C)C34C=C5Cc6cc7c8c9c6c5c5c6c%10c(c%11c(cc%12cc%13cc%14cc(c%15c%14c%14c%13c(c%12%11)c%10c%14c(c%158)c69)C7)C3)C542)c1C. The van der Waals surface area contributed by atoms with E-state index in [0.29, 0.717) is 12.8 Å². The highest BCUT2D eigenvalue weighted by Gasteiger charge is 2.92. The molecule has 0 heterocycles. The first-order valence-corrected chi connectivity index (χ1v) is 33.8. The van der Waals surface area contributed by atoms with Gasteiger partial charge in [-0.2, -0.15) is 0 Å². The van der Waals surface area contributed by atoms with Crippen molar-refractivity contribution in [3.05, 3.63) is 217 Å². The molecule has 6 aliphatic rings. The van der Waals surface area contributed by atoms with Gasteiger partial charge >= 0.3 is 5.97 Å². The molecule has 0 aliphatic heterocycles. The quantitative estimate of drug-likeness (QED) is 0.0851. The Bertz CT molecular complexity index is 5900. The Labute approximate surface area is 529 Å². The summed E-state index contributed by atoms with van der Waals surface area (Å²) in [5.41, 5.74) is 28.3. The first-order chi connectivity index (χ1) is 44.1. The molecule has 16 aromatic rings. The molecule has 0 amide bonds. The summed E-state index contributed by atoms with van der Waals surface area (Å²) in [6.07, 6.45) is 6.66. The van der Waals surface area contributed by atoms with Gasteiger partial charge in [0, 0.05) is 45.4 Å². The number of para-hydroxylation sites is 4. The van der Waals surface area contributed by atoms with Crippen LogP contribution in [0.3, 0.4) is 0 Å². The molecule has 1 saturated carbocycles. The number of carbonyl (C=O) groups is 1. The second-order valence-corrected chi connectivity index (χ2v) is 30.1. The summed E-state index contributed by atoms with van der Waals surface area (Å²) < 4.78 is 6.47. The van der Waals surface area contributed by atoms with Gasteiger partial charge in [0.2, 0.25) is 0 Å². The number of anilines is 6. The van der Waals surface area contributed by atoms with Gasteiger partial charge in [-0.05, 0) is 326 Å². The van der Waals surface area contributed by atoms with Crippen LogP contribution >= 0.6 is 0 Å². The largest absolute Gasteiger partial charge is 0.462 e. The van der Waals surface area contributed by atoms with Crippen LogP contribution in [0.1, 0.15) is 124 Å². The van der Waals surface area contributed by atoms with E-state index < -0.39 is 16.2 Å². The number of hydrogen-bond acceptors (Lipinski definition) is 4. The van der Waals surface area contributed by atoms with Gasteiger partial charge in [0.15, 0.2) is 0 Å². The predicted octanol–water partition coefficient (Wildman–Crippen LogP) is 22.3. The van der Waals surface area contributed by atoms with Crippen molar-refractivity contribution in [1.82, 2.24) is 0 Å². The Morgan fingerprint density at radius 3 is 1.45 bits per heavy atom. The van der Waals surface area contributed by atoms with Crippen LogP contribution in [0, 0.1) is 65.7 Å². The number of nitrogens with zero attached hydrogens (tertiary/aromatic N) is 2. The normalized spacial score (nSPS) is 20.5. The van der Waals surface area contributed by atoms with E-state index in [0.717, 1.165) is 19.3 Å². The minimum atomic E-state index is -0.586. The predicted molar refractivity (Wildman–Crippen MR) is 381 cm³/mol. The number of carbonyl (C=O) groups excluding carboxylic acids is 1. The third kappa shape index (κ3) is 5.05. The Morgan fingerprint density at radius 1 is 0.451 bits per heavy atom. The molecule has 6 aliphatic carbocycles. The summed E-state index contributed by atoms with van der Waals surface area (Å²) in [5, 5.41) is 30.4. The highest BCUT2D eigenvalue weighted by Crippen LogP contribution is 2.94. The average Bonchev–Trinajstić information content (AvgIpc) is 1.38. The lowest BCUT2D eigenvalue weighted by Crippen LogP contribution is -2.33. The molecular formula is C87H68N2O2. The summed E-state index contributed by atoms with van der Waals surface area (Å²) in [7, 11) is 0. The smallest absolute Gasteiger partial charge is 0.306 e. The van der Waals surface area contributed by atoms with Crippen molar-refractivity contribution >= 4 is 153 Å². The molecule has 5 unspecified atom stereocenters. The number of ether oxygens (including phenoxy) is 1. The number of allylic oxidation sites excluding steroid dienone is 2. The van der Waals surface area contributed by atoms with E-state index in [1.807, 2.05) is 0 Å². The summed E-state index contributed by atoms with van der Waals surface area (Å²) in [6.45, 7) is 25.7. The molecule has 22 rings (SSSR count). The third-order valence-corrected chi connectivity index (χ3v) is 25.9. The Kier molecular flexibility index (Phi) is 8.72. The minimum Gasteiger partial charge on any atom is -0.462 e. The standard InChI is InChI=1S/C87H68N2O2/c1-39(2)48(11)91-61(90)29-28-44(7)86(80-45(8)83(88(57-24-16-12-20-40(57)3)58-25-17-13-21-41(58)4)47(10)84(46(80)9)89(59-26-18-14-22-42(59)5)60-27-19-15-23-43(60)6)85-37-55-35-53-33-51-31-49-30-50-32-52-34-54-36-56(38-85)69-65(54)73-67(52)71-63(50)62(49)70-66(51)72-64(53)68(55)81-78-76(72)74(70)75(71)77(73)79(78)82(69)87(81,85)86/h12-27,30-31,33-35,38-39,44,48H,28-29,32,36-37H2,1-11H3. The fraction of sp³-hybridized carbons (Fsp3) is 0.253. The van der Waals surface area contributed by atoms with E-state index in [1.165, 1.54) is 166 Å². The molecule has 5 atom stereocenters. The molecule has 91 heavy (non-hydrogen) atoms. The van der Waals surface area contributed by atoms with E-state index in [1.54, 1.807) is 65.2 Å². The van der Waals surface area contributed by atoms with Crippen LogP contribution in [0.25, 0.3) is 113 Å². The molecule has 0 saturated heterocycles. The molecule has 0 aromatic heterocycles. The lowest BCUT2D eigenvalue weighted by atomic mass is 9.67. The maximum Gasteiger partial charge on any atom is 0.306 e. The summed E-state index contributed by atoms with van der Waals surface area (Å²) >= 11 is 0. The molecule has 438 valence electrons. The van der Waals surface area contributed by atoms with Crippen molar-refractivity contribution in [3.63, 3.8) is 0 Å². The lowest BCUT2D eigenvalue weighted by molar-refractivity contribution is -0.150. The summed E-state index contributed by atoms with van der Waals surface area (Å²) in [5.74, 6) is 0.117. The maximum atomic E-state index is 14.9. The van der Waals surface area contributed by atoms with Gasteiger partial charge in [0.05, 0.1) is 11.4 Å². The van der Waals surface area contributed by atoms with E-state index in [-0.39, 0.29) is 23.9 Å². The second kappa shape index (κ2) is 15.7. The fourth-order valence-electron chi connectivity index (χ4n) is 22.8. The topological polar surface area (TPSA) is 32.8 Å². The van der Waals surface area contributed by atoms with Crippen LogP contribution < -0.4 is 9.80 Å². The summed E-state index contributed by atoms with van der Waals surface area (Å²) in [6, 6.07) is 49.5. The molecule has 0 radical (unpaired) electrons. The van der Waals surface area contributed by atoms with Crippen molar-refractivity contribution in [2.75, 3.05) is 9.80 Å². The highest BCUT2D eigenvalue weighted by atomic mass is 16.5. The molecule has 1 spiro atoms. The lowest BCUT2D eigenvalue weighted by Gasteiger charge is -2.41. The van der Waals surface area contributed by atoms with Crippen LogP contribution in [0.15, 0.2) is 133 Å². The fourth-order valence-corrected chi connectivity index (χ4v) is 22.8. The van der Waals surface area contributed by atoms with Crippen molar-refractivity contribution in [2.24, 2.45) is 17.3 Å². The molecule has 1 fully saturated rings. The van der Waals surface area contributed by atoms with E-state index >= 15 is 0 Å². The Hall–Kier alpha value is -9.25. The number of hydrogen-bond donors (Lipinski definition) is 0. The van der Waals surface area contributed by atoms with Crippen molar-refractivity contribution in [2.45, 2.75) is 125 Å². The van der Waals surface area contributed by atoms with E-state index in [4.69, 9.17) is 4.74 Å². The van der Waals surface area contributed by atoms with Gasteiger partial charge in [-0.3, -0.25) is 4.79 Å². The summed E-state index contributed by atoms with van der Waals surface area (Å²) in [4.78, 5) is 20.3. The van der Waals surface area contributed by atoms with Crippen LogP contribution in [-0.2, 0) is 39.6 Å². The van der Waals surface area contributed by atoms with Gasteiger partial charge in [-0.25, -0.2) is 0 Å². The first kappa shape index (κ1) is 50.5. The zero-order chi connectivity index (χ0) is 61.0. The van der Waals surface area contributed by atoms with Crippen LogP contribution in [-0.4, -0.2) is 12.1 Å². The number of esters is 1. The van der Waals surface area contributed by atoms with Gasteiger partial charge in [0.1, 0.15) is 6.10 Å². The third-order valence-electron chi connectivity index (χ3n) is 25.9. The maximum absolute atomic E-state index is 14.9. The van der Waals surface area contributed by atoms with Gasteiger partial charge in [0.25, 0.3) is 0 Å². The van der Waals surface area contributed by atoms with Crippen LogP contribution in [0.2, 0.25) is 0 Å².